The van der Waals surface area contributed by atoms with Crippen LogP contribution in [-0.2, 0) is 19.9 Å². The van der Waals surface area contributed by atoms with Crippen LogP contribution in [0.1, 0.15) is 5.56 Å². The highest BCUT2D eigenvalue weighted by molar-refractivity contribution is 9.11. The summed E-state index contributed by atoms with van der Waals surface area (Å²) in [6.07, 6.45) is 0. The van der Waals surface area contributed by atoms with Gasteiger partial charge in [-0.2, -0.15) is 0 Å². The molecule has 0 fully saturated rings. The van der Waals surface area contributed by atoms with Crippen LogP contribution in [0.5, 0.6) is 0 Å². The van der Waals surface area contributed by atoms with E-state index in [0.717, 1.165) is 0 Å². The maximum Gasteiger partial charge on any atom is 0.238 e. The number of anilines is 1. The van der Waals surface area contributed by atoms with Crippen LogP contribution in [0, 0.1) is 6.92 Å². The Morgan fingerprint density at radius 2 is 1.52 bits per heavy atom. The molecule has 0 unspecified atom stereocenters. The molecule has 4 N–H and O–H groups in total. The minimum Gasteiger partial charge on any atom is -0.398 e. The number of halogens is 2. The van der Waals surface area contributed by atoms with Crippen molar-refractivity contribution in [1.29, 1.82) is 0 Å². The molecule has 0 saturated heterocycles. The summed E-state index contributed by atoms with van der Waals surface area (Å²) in [5.74, 6) is 0. The second-order valence-electron chi connectivity index (χ2n) is 4.78. The fourth-order valence-corrected chi connectivity index (χ4v) is 5.67. The van der Waals surface area contributed by atoms with Crippen molar-refractivity contribution in [3.05, 3.63) is 44.8 Å². The third kappa shape index (κ3) is 3.61. The normalized spacial score (nSPS) is 12.3. The van der Waals surface area contributed by atoms with Crippen molar-refractivity contribution >= 4 is 57.4 Å². The average Bonchev–Trinajstić information content (AvgIpc) is 2.41. The van der Waals surface area contributed by atoms with Crippen molar-refractivity contribution in [2.75, 3.05) is 5.73 Å². The van der Waals surface area contributed by atoms with E-state index in [9.17, 15) is 16.8 Å². The van der Waals surface area contributed by atoms with Gasteiger partial charge in [-0.15, -0.1) is 0 Å². The van der Waals surface area contributed by atoms with Crippen LogP contribution < -0.4 is 10.9 Å². The minimum atomic E-state index is -3.91. The summed E-state index contributed by atoms with van der Waals surface area (Å²) in [5.41, 5.74) is 6.35. The van der Waals surface area contributed by atoms with Crippen molar-refractivity contribution in [1.82, 2.24) is 0 Å². The molecule has 0 spiro atoms. The zero-order chi connectivity index (χ0) is 17.6. The first-order chi connectivity index (χ1) is 10.4. The van der Waals surface area contributed by atoms with Crippen LogP contribution in [0.15, 0.2) is 54.0 Å². The lowest BCUT2D eigenvalue weighted by molar-refractivity contribution is 0.592. The molecular formula is C13H12Br2N2O4S2. The molecule has 0 radical (unpaired) electrons. The lowest BCUT2D eigenvalue weighted by atomic mass is 10.2. The highest BCUT2D eigenvalue weighted by Crippen LogP contribution is 2.34. The molecule has 6 nitrogen and oxygen atoms in total. The Labute approximate surface area is 151 Å². The van der Waals surface area contributed by atoms with Crippen LogP contribution in [-0.4, -0.2) is 16.8 Å². The van der Waals surface area contributed by atoms with E-state index in [1.54, 1.807) is 0 Å². The van der Waals surface area contributed by atoms with Crippen molar-refractivity contribution < 1.29 is 16.8 Å². The number of primary sulfonamides is 1. The maximum absolute atomic E-state index is 12.8. The molecule has 0 heterocycles. The second kappa shape index (κ2) is 6.17. The summed E-state index contributed by atoms with van der Waals surface area (Å²) in [4.78, 5) is -0.143. The molecule has 124 valence electrons. The number of sulfonamides is 1. The van der Waals surface area contributed by atoms with Crippen molar-refractivity contribution in [2.24, 2.45) is 5.14 Å². The monoisotopic (exact) mass is 482 g/mol. The zero-order valence-electron chi connectivity index (χ0n) is 11.7. The van der Waals surface area contributed by atoms with Gasteiger partial charge in [-0.25, -0.2) is 22.0 Å². The van der Waals surface area contributed by atoms with Crippen molar-refractivity contribution in [2.45, 2.75) is 21.6 Å². The highest BCUT2D eigenvalue weighted by atomic mass is 79.9. The number of sulfone groups is 1. The Kier molecular flexibility index (Phi) is 4.94. The quantitative estimate of drug-likeness (QED) is 0.650. The SMILES string of the molecule is Cc1cc(S(=O)(=O)c2cc(Br)c(N)cc2Br)ccc1S(N)(=O)=O. The first-order valence-corrected chi connectivity index (χ1v) is 10.7. The second-order valence-corrected chi connectivity index (χ2v) is 9.94. The van der Waals surface area contributed by atoms with Gasteiger partial charge in [0.25, 0.3) is 0 Å². The summed E-state index contributed by atoms with van der Waals surface area (Å²) >= 11 is 6.37. The largest absolute Gasteiger partial charge is 0.398 e. The Morgan fingerprint density at radius 3 is 2.04 bits per heavy atom. The van der Waals surface area contributed by atoms with E-state index in [-0.39, 0.29) is 20.2 Å². The molecule has 0 aromatic heterocycles. The molecule has 0 aliphatic rings. The van der Waals surface area contributed by atoms with Gasteiger partial charge in [0.05, 0.1) is 14.7 Å². The van der Waals surface area contributed by atoms with Crippen LogP contribution >= 0.6 is 31.9 Å². The fraction of sp³-hybridized carbons (Fsp3) is 0.0769. The molecule has 2 aromatic carbocycles. The number of benzene rings is 2. The third-order valence-electron chi connectivity index (χ3n) is 3.10. The van der Waals surface area contributed by atoms with E-state index in [1.807, 2.05) is 0 Å². The molecule has 0 bridgehead atoms. The average molecular weight is 484 g/mol. The molecule has 2 aromatic rings. The van der Waals surface area contributed by atoms with Crippen molar-refractivity contribution in [3.63, 3.8) is 0 Å². The Bertz CT molecular complexity index is 1000. The van der Waals surface area contributed by atoms with Gasteiger partial charge in [0, 0.05) is 14.6 Å². The van der Waals surface area contributed by atoms with Gasteiger partial charge < -0.3 is 5.73 Å². The smallest absolute Gasteiger partial charge is 0.238 e. The topological polar surface area (TPSA) is 120 Å². The lowest BCUT2D eigenvalue weighted by Gasteiger charge is -2.11. The van der Waals surface area contributed by atoms with E-state index in [1.165, 1.54) is 37.3 Å². The van der Waals surface area contributed by atoms with Gasteiger partial charge >= 0.3 is 0 Å². The standard InChI is InChI=1S/C13H12Br2N2O4S2/c1-7-4-8(2-3-12(7)23(17,20)21)22(18,19)13-6-9(14)11(16)5-10(13)15/h2-6H,16H2,1H3,(H2,17,20,21). The summed E-state index contributed by atoms with van der Waals surface area (Å²) in [6.45, 7) is 1.48. The lowest BCUT2D eigenvalue weighted by Crippen LogP contribution is -2.14. The Balaban J connectivity index is 2.66. The number of hydrogen-bond donors (Lipinski definition) is 2. The van der Waals surface area contributed by atoms with Gasteiger partial charge in [0.15, 0.2) is 0 Å². The molecule has 0 aliphatic carbocycles. The molecule has 0 aliphatic heterocycles. The van der Waals surface area contributed by atoms with E-state index >= 15 is 0 Å². The molecule has 2 rings (SSSR count). The van der Waals surface area contributed by atoms with E-state index in [2.05, 4.69) is 31.9 Å². The Morgan fingerprint density at radius 1 is 0.913 bits per heavy atom. The van der Waals surface area contributed by atoms with Crippen LogP contribution in [0.4, 0.5) is 5.69 Å². The van der Waals surface area contributed by atoms with Crippen LogP contribution in [0.25, 0.3) is 0 Å². The van der Waals surface area contributed by atoms with Crippen molar-refractivity contribution in [3.8, 4) is 0 Å². The maximum atomic E-state index is 12.8. The van der Waals surface area contributed by atoms with Gasteiger partial charge in [0.1, 0.15) is 0 Å². The number of nitrogens with two attached hydrogens (primary N) is 2. The van der Waals surface area contributed by atoms with E-state index in [0.29, 0.717) is 14.6 Å². The summed E-state index contributed by atoms with van der Waals surface area (Å²) in [6, 6.07) is 6.52. The predicted molar refractivity (Wildman–Crippen MR) is 94.3 cm³/mol. The van der Waals surface area contributed by atoms with Gasteiger partial charge in [-0.1, -0.05) is 0 Å². The molecule has 10 heteroatoms. The molecular weight excluding hydrogens is 472 g/mol. The number of aryl methyl sites for hydroxylation is 1. The van der Waals surface area contributed by atoms with Gasteiger partial charge in [0.2, 0.25) is 19.9 Å². The zero-order valence-corrected chi connectivity index (χ0v) is 16.6. The van der Waals surface area contributed by atoms with Gasteiger partial charge in [-0.3, -0.25) is 0 Å². The van der Waals surface area contributed by atoms with E-state index in [4.69, 9.17) is 10.9 Å². The highest BCUT2D eigenvalue weighted by Gasteiger charge is 2.23. The van der Waals surface area contributed by atoms with Gasteiger partial charge in [-0.05, 0) is 74.7 Å². The Hall–Kier alpha value is -0.940. The van der Waals surface area contributed by atoms with Crippen LogP contribution in [0.2, 0.25) is 0 Å². The molecule has 0 amide bonds. The molecule has 23 heavy (non-hydrogen) atoms. The predicted octanol–water partition coefficient (Wildman–Crippen LogP) is 2.58. The fourth-order valence-electron chi connectivity index (χ4n) is 1.99. The molecule has 0 atom stereocenters. The number of hydrogen-bond acceptors (Lipinski definition) is 5. The number of rotatable bonds is 3. The summed E-state index contributed by atoms with van der Waals surface area (Å²) < 4.78 is 49.1. The first-order valence-electron chi connectivity index (χ1n) is 6.07. The first kappa shape index (κ1) is 18.4. The van der Waals surface area contributed by atoms with E-state index < -0.39 is 19.9 Å². The summed E-state index contributed by atoms with van der Waals surface area (Å²) in [7, 11) is -7.77. The number of nitrogen functional groups attached to an aromatic ring is 1. The molecule has 0 saturated carbocycles. The summed E-state index contributed by atoms with van der Waals surface area (Å²) in [5, 5.41) is 5.08. The minimum absolute atomic E-state index is 0.0151. The third-order valence-corrected chi connectivity index (χ3v) is 7.57. The van der Waals surface area contributed by atoms with Crippen LogP contribution in [0.3, 0.4) is 0 Å².